The predicted octanol–water partition coefficient (Wildman–Crippen LogP) is 3.47. The van der Waals surface area contributed by atoms with Crippen LogP contribution < -0.4 is 0 Å². The number of hydrogen-bond donors (Lipinski definition) is 0. The Labute approximate surface area is 107 Å². The monoisotopic (exact) mass is 310 g/mol. The van der Waals surface area contributed by atoms with Crippen LogP contribution in [0, 0.1) is 0 Å². The fourth-order valence-electron chi connectivity index (χ4n) is 1.02. The molecule has 0 aliphatic rings. The fraction of sp³-hybridized carbons (Fsp3) is 0.300. The number of carbonyl (C=O) groups excluding carboxylic acids is 1. The summed E-state index contributed by atoms with van der Waals surface area (Å²) in [6.07, 6.45) is 0.170. The number of alkyl halides is 1. The Morgan fingerprint density at radius 2 is 2.13 bits per heavy atom. The second kappa shape index (κ2) is 6.36. The molecule has 0 bridgehead atoms. The summed E-state index contributed by atoms with van der Waals surface area (Å²) in [5.41, 5.74) is 0.723. The SMILES string of the molecule is O=C(Cc1ccc(Cl)cc1Cl)OCCBr. The Morgan fingerprint density at radius 3 is 2.73 bits per heavy atom. The normalized spacial score (nSPS) is 10.1. The molecule has 2 nitrogen and oxygen atoms in total. The van der Waals surface area contributed by atoms with Gasteiger partial charge in [0.05, 0.1) is 6.42 Å². The molecule has 0 N–H and O–H groups in total. The molecule has 1 aromatic carbocycles. The lowest BCUT2D eigenvalue weighted by molar-refractivity contribution is -0.142. The Morgan fingerprint density at radius 1 is 1.40 bits per heavy atom. The minimum Gasteiger partial charge on any atom is -0.465 e. The van der Waals surface area contributed by atoms with Crippen LogP contribution in [0.2, 0.25) is 10.0 Å². The molecule has 0 heterocycles. The summed E-state index contributed by atoms with van der Waals surface area (Å²) in [4.78, 5) is 11.3. The summed E-state index contributed by atoms with van der Waals surface area (Å²) in [5, 5.41) is 1.67. The zero-order chi connectivity index (χ0) is 11.3. The van der Waals surface area contributed by atoms with E-state index in [1.165, 1.54) is 0 Å². The lowest BCUT2D eigenvalue weighted by Gasteiger charge is -2.04. The Balaban J connectivity index is 2.60. The van der Waals surface area contributed by atoms with Crippen LogP contribution in [0.4, 0.5) is 0 Å². The van der Waals surface area contributed by atoms with Gasteiger partial charge in [0.2, 0.25) is 0 Å². The first-order valence-corrected chi connectivity index (χ1v) is 6.16. The van der Waals surface area contributed by atoms with Crippen molar-refractivity contribution in [3.05, 3.63) is 33.8 Å². The van der Waals surface area contributed by atoms with E-state index >= 15 is 0 Å². The lowest BCUT2D eigenvalue weighted by Crippen LogP contribution is -2.09. The van der Waals surface area contributed by atoms with Crippen molar-refractivity contribution >= 4 is 45.1 Å². The number of ether oxygens (including phenoxy) is 1. The van der Waals surface area contributed by atoms with Gasteiger partial charge in [-0.2, -0.15) is 0 Å². The summed E-state index contributed by atoms with van der Waals surface area (Å²) in [7, 11) is 0. The first-order valence-electron chi connectivity index (χ1n) is 4.29. The molecule has 0 unspecified atom stereocenters. The van der Waals surface area contributed by atoms with E-state index in [-0.39, 0.29) is 12.4 Å². The average molecular weight is 312 g/mol. The Bertz CT molecular complexity index is 355. The number of esters is 1. The molecule has 0 aliphatic carbocycles. The summed E-state index contributed by atoms with van der Waals surface area (Å²) in [6.45, 7) is 0.365. The molecule has 1 rings (SSSR count). The summed E-state index contributed by atoms with van der Waals surface area (Å²) >= 11 is 14.8. The number of halogens is 3. The van der Waals surface area contributed by atoms with Crippen LogP contribution in [-0.4, -0.2) is 17.9 Å². The molecule has 0 saturated heterocycles. The molecule has 0 aliphatic heterocycles. The zero-order valence-electron chi connectivity index (χ0n) is 7.80. The number of rotatable bonds is 4. The maximum Gasteiger partial charge on any atom is 0.310 e. The summed E-state index contributed by atoms with van der Waals surface area (Å²) < 4.78 is 4.90. The highest BCUT2D eigenvalue weighted by Crippen LogP contribution is 2.21. The third-order valence-corrected chi connectivity index (χ3v) is 2.60. The Hall–Kier alpha value is -0.250. The van der Waals surface area contributed by atoms with Crippen LogP contribution in [0.25, 0.3) is 0 Å². The van der Waals surface area contributed by atoms with Gasteiger partial charge in [-0.1, -0.05) is 45.2 Å². The van der Waals surface area contributed by atoms with Gasteiger partial charge in [-0.05, 0) is 17.7 Å². The third-order valence-electron chi connectivity index (χ3n) is 1.69. The lowest BCUT2D eigenvalue weighted by atomic mass is 10.1. The van der Waals surface area contributed by atoms with Crippen LogP contribution in [0.15, 0.2) is 18.2 Å². The molecule has 0 fully saturated rings. The minimum absolute atomic E-state index is 0.170. The van der Waals surface area contributed by atoms with E-state index in [9.17, 15) is 4.79 Å². The van der Waals surface area contributed by atoms with Crippen LogP contribution in [0.1, 0.15) is 5.56 Å². The molecular formula is C10H9BrCl2O2. The van der Waals surface area contributed by atoms with Crippen molar-refractivity contribution in [3.8, 4) is 0 Å². The van der Waals surface area contributed by atoms with E-state index in [1.807, 2.05) is 0 Å². The van der Waals surface area contributed by atoms with Gasteiger partial charge in [0.25, 0.3) is 0 Å². The van der Waals surface area contributed by atoms with E-state index < -0.39 is 0 Å². The first kappa shape index (κ1) is 12.8. The topological polar surface area (TPSA) is 26.3 Å². The van der Waals surface area contributed by atoms with Gasteiger partial charge in [0, 0.05) is 15.4 Å². The van der Waals surface area contributed by atoms with Crippen LogP contribution >= 0.6 is 39.1 Å². The van der Waals surface area contributed by atoms with E-state index in [2.05, 4.69) is 15.9 Å². The van der Waals surface area contributed by atoms with Gasteiger partial charge in [-0.25, -0.2) is 0 Å². The highest BCUT2D eigenvalue weighted by Gasteiger charge is 2.08. The molecule has 82 valence electrons. The summed E-state index contributed by atoms with van der Waals surface area (Å²) in [6, 6.07) is 5.02. The average Bonchev–Trinajstić information content (AvgIpc) is 2.19. The Kier molecular flexibility index (Phi) is 5.43. The molecular weight excluding hydrogens is 303 g/mol. The summed E-state index contributed by atoms with van der Waals surface area (Å²) in [5.74, 6) is -0.293. The van der Waals surface area contributed by atoms with Crippen molar-refractivity contribution < 1.29 is 9.53 Å². The first-order chi connectivity index (χ1) is 7.13. The van der Waals surface area contributed by atoms with Gasteiger partial charge in [-0.3, -0.25) is 4.79 Å². The number of benzene rings is 1. The third kappa shape index (κ3) is 4.41. The van der Waals surface area contributed by atoms with Crippen LogP contribution in [0.5, 0.6) is 0 Å². The second-order valence-corrected chi connectivity index (χ2v) is 4.46. The highest BCUT2D eigenvalue weighted by molar-refractivity contribution is 9.09. The predicted molar refractivity (Wildman–Crippen MR) is 64.9 cm³/mol. The van der Waals surface area contributed by atoms with E-state index in [0.717, 1.165) is 5.56 Å². The maximum atomic E-state index is 11.3. The van der Waals surface area contributed by atoms with Crippen molar-refractivity contribution in [3.63, 3.8) is 0 Å². The molecule has 0 amide bonds. The van der Waals surface area contributed by atoms with Crippen LogP contribution in [-0.2, 0) is 16.0 Å². The molecule has 0 saturated carbocycles. The van der Waals surface area contributed by atoms with E-state index in [1.54, 1.807) is 18.2 Å². The largest absolute Gasteiger partial charge is 0.465 e. The molecule has 0 spiro atoms. The van der Waals surface area contributed by atoms with Crippen molar-refractivity contribution in [1.29, 1.82) is 0 Å². The van der Waals surface area contributed by atoms with E-state index in [0.29, 0.717) is 22.0 Å². The molecule has 0 radical (unpaired) electrons. The molecule has 15 heavy (non-hydrogen) atoms. The van der Waals surface area contributed by atoms with Crippen molar-refractivity contribution in [2.75, 3.05) is 11.9 Å². The molecule has 0 atom stereocenters. The maximum absolute atomic E-state index is 11.3. The number of hydrogen-bond acceptors (Lipinski definition) is 2. The van der Waals surface area contributed by atoms with Gasteiger partial charge in [0.1, 0.15) is 6.61 Å². The zero-order valence-corrected chi connectivity index (χ0v) is 10.9. The van der Waals surface area contributed by atoms with Crippen molar-refractivity contribution in [1.82, 2.24) is 0 Å². The molecule has 0 aromatic heterocycles. The standard InChI is InChI=1S/C10H9BrCl2O2/c11-3-4-15-10(14)5-7-1-2-8(12)6-9(7)13/h1-2,6H,3-5H2. The van der Waals surface area contributed by atoms with Crippen LogP contribution in [0.3, 0.4) is 0 Å². The van der Waals surface area contributed by atoms with E-state index in [4.69, 9.17) is 27.9 Å². The van der Waals surface area contributed by atoms with Gasteiger partial charge >= 0.3 is 5.97 Å². The molecule has 1 aromatic rings. The van der Waals surface area contributed by atoms with Gasteiger partial charge in [0.15, 0.2) is 0 Å². The molecule has 5 heteroatoms. The number of carbonyl (C=O) groups is 1. The minimum atomic E-state index is -0.293. The fourth-order valence-corrected chi connectivity index (χ4v) is 1.66. The van der Waals surface area contributed by atoms with Crippen molar-refractivity contribution in [2.45, 2.75) is 6.42 Å². The highest BCUT2D eigenvalue weighted by atomic mass is 79.9. The second-order valence-electron chi connectivity index (χ2n) is 2.82. The quantitative estimate of drug-likeness (QED) is 0.628. The smallest absolute Gasteiger partial charge is 0.310 e. The van der Waals surface area contributed by atoms with Crippen molar-refractivity contribution in [2.24, 2.45) is 0 Å². The van der Waals surface area contributed by atoms with Gasteiger partial charge < -0.3 is 4.74 Å². The van der Waals surface area contributed by atoms with Gasteiger partial charge in [-0.15, -0.1) is 0 Å².